The van der Waals surface area contributed by atoms with Crippen molar-refractivity contribution in [3.8, 4) is 5.75 Å². The van der Waals surface area contributed by atoms with Gasteiger partial charge in [-0.15, -0.1) is 0 Å². The second-order valence-corrected chi connectivity index (χ2v) is 6.07. The van der Waals surface area contributed by atoms with Gasteiger partial charge in [0.05, 0.1) is 17.9 Å². The molecule has 1 amide bonds. The third kappa shape index (κ3) is 5.07. The first-order valence-electron chi connectivity index (χ1n) is 7.08. The number of carbonyl (C=O) groups is 1. The quantitative estimate of drug-likeness (QED) is 0.766. The third-order valence-electron chi connectivity index (χ3n) is 2.84. The highest BCUT2D eigenvalue weighted by Gasteiger charge is 2.11. The fraction of sp³-hybridized carbons (Fsp3) is 0.400. The average Bonchev–Trinajstić information content (AvgIpc) is 2.98. The SMILES string of the molecule is CC(C)Oc1cccc([C@@H](C)NC(=O)CSc2ncn[nH]2)c1. The van der Waals surface area contributed by atoms with Crippen LogP contribution < -0.4 is 10.1 Å². The molecule has 0 bridgehead atoms. The number of hydrogen-bond donors (Lipinski definition) is 2. The molecule has 0 spiro atoms. The van der Waals surface area contributed by atoms with Crippen LogP contribution in [0.2, 0.25) is 0 Å². The number of rotatable bonds is 7. The summed E-state index contributed by atoms with van der Waals surface area (Å²) in [4.78, 5) is 15.9. The van der Waals surface area contributed by atoms with Crippen LogP contribution in [0.3, 0.4) is 0 Å². The molecule has 6 nitrogen and oxygen atoms in total. The Kier molecular flexibility index (Phi) is 5.83. The molecule has 118 valence electrons. The van der Waals surface area contributed by atoms with Crippen molar-refractivity contribution in [3.05, 3.63) is 36.2 Å². The van der Waals surface area contributed by atoms with Crippen molar-refractivity contribution in [2.75, 3.05) is 5.75 Å². The molecule has 1 aromatic heterocycles. The van der Waals surface area contributed by atoms with Crippen molar-refractivity contribution in [2.45, 2.75) is 38.1 Å². The van der Waals surface area contributed by atoms with Gasteiger partial charge in [-0.2, -0.15) is 5.10 Å². The summed E-state index contributed by atoms with van der Waals surface area (Å²) in [5.41, 5.74) is 1.01. The van der Waals surface area contributed by atoms with E-state index >= 15 is 0 Å². The Morgan fingerprint density at radius 2 is 2.23 bits per heavy atom. The standard InChI is InChI=1S/C15H20N4O2S/c1-10(2)21-13-6-4-5-12(7-13)11(3)18-14(20)8-22-15-16-9-17-19-15/h4-7,9-11H,8H2,1-3H3,(H,18,20)(H,16,17,19)/t11-/m1/s1. The molecule has 0 fully saturated rings. The van der Waals surface area contributed by atoms with E-state index in [2.05, 4.69) is 20.5 Å². The number of amides is 1. The zero-order chi connectivity index (χ0) is 15.9. The molecule has 1 aromatic carbocycles. The fourth-order valence-electron chi connectivity index (χ4n) is 1.89. The van der Waals surface area contributed by atoms with Gasteiger partial charge in [0.2, 0.25) is 5.91 Å². The summed E-state index contributed by atoms with van der Waals surface area (Å²) in [6.07, 6.45) is 1.54. The highest BCUT2D eigenvalue weighted by Crippen LogP contribution is 2.20. The minimum Gasteiger partial charge on any atom is -0.491 e. The van der Waals surface area contributed by atoms with Crippen LogP contribution in [0.1, 0.15) is 32.4 Å². The number of aromatic nitrogens is 3. The predicted molar refractivity (Wildman–Crippen MR) is 85.9 cm³/mol. The minimum atomic E-state index is -0.0847. The van der Waals surface area contributed by atoms with E-state index in [0.29, 0.717) is 10.9 Å². The van der Waals surface area contributed by atoms with Crippen molar-refractivity contribution in [3.63, 3.8) is 0 Å². The third-order valence-corrected chi connectivity index (χ3v) is 3.72. The Morgan fingerprint density at radius 1 is 1.41 bits per heavy atom. The monoisotopic (exact) mass is 320 g/mol. The van der Waals surface area contributed by atoms with E-state index in [-0.39, 0.29) is 18.1 Å². The van der Waals surface area contributed by atoms with E-state index in [4.69, 9.17) is 4.74 Å². The number of aromatic amines is 1. The molecule has 7 heteroatoms. The van der Waals surface area contributed by atoms with Gasteiger partial charge in [0.25, 0.3) is 0 Å². The zero-order valence-electron chi connectivity index (χ0n) is 12.9. The lowest BCUT2D eigenvalue weighted by Crippen LogP contribution is -2.28. The lowest BCUT2D eigenvalue weighted by Gasteiger charge is -2.16. The van der Waals surface area contributed by atoms with Crippen LogP contribution in [0.5, 0.6) is 5.75 Å². The Morgan fingerprint density at radius 3 is 2.91 bits per heavy atom. The maximum absolute atomic E-state index is 12.0. The van der Waals surface area contributed by atoms with Gasteiger partial charge < -0.3 is 10.1 Å². The summed E-state index contributed by atoms with van der Waals surface area (Å²) in [5.74, 6) is 1.05. The van der Waals surface area contributed by atoms with Crippen LogP contribution in [0.15, 0.2) is 35.7 Å². The van der Waals surface area contributed by atoms with E-state index in [1.54, 1.807) is 0 Å². The number of hydrogen-bond acceptors (Lipinski definition) is 5. The van der Waals surface area contributed by atoms with Crippen LogP contribution in [-0.2, 0) is 4.79 Å². The molecular weight excluding hydrogens is 300 g/mol. The van der Waals surface area contributed by atoms with Gasteiger partial charge in [-0.1, -0.05) is 23.9 Å². The van der Waals surface area contributed by atoms with E-state index in [9.17, 15) is 4.79 Å². The van der Waals surface area contributed by atoms with Gasteiger partial charge in [0.15, 0.2) is 5.16 Å². The Bertz CT molecular complexity index is 601. The van der Waals surface area contributed by atoms with Crippen LogP contribution in [0.25, 0.3) is 0 Å². The van der Waals surface area contributed by atoms with Crippen molar-refractivity contribution in [1.82, 2.24) is 20.5 Å². The number of nitrogens with zero attached hydrogens (tertiary/aromatic N) is 2. The molecule has 2 rings (SSSR count). The molecule has 2 N–H and O–H groups in total. The molecule has 0 aliphatic heterocycles. The van der Waals surface area contributed by atoms with Crippen molar-refractivity contribution in [2.24, 2.45) is 0 Å². The van der Waals surface area contributed by atoms with Crippen molar-refractivity contribution in [1.29, 1.82) is 0 Å². The summed E-state index contributed by atoms with van der Waals surface area (Å²) < 4.78 is 5.67. The summed E-state index contributed by atoms with van der Waals surface area (Å²) >= 11 is 1.32. The lowest BCUT2D eigenvalue weighted by molar-refractivity contribution is -0.119. The fourth-order valence-corrected chi connectivity index (χ4v) is 2.48. The second-order valence-electron chi connectivity index (χ2n) is 5.11. The van der Waals surface area contributed by atoms with Crippen molar-refractivity contribution >= 4 is 17.7 Å². The van der Waals surface area contributed by atoms with Gasteiger partial charge in [0, 0.05) is 0 Å². The summed E-state index contributed by atoms with van der Waals surface area (Å²) in [6.45, 7) is 5.92. The largest absolute Gasteiger partial charge is 0.491 e. The number of benzene rings is 1. The first kappa shape index (κ1) is 16.4. The first-order valence-corrected chi connectivity index (χ1v) is 8.07. The normalized spacial score (nSPS) is 12.2. The highest BCUT2D eigenvalue weighted by molar-refractivity contribution is 7.99. The molecule has 0 aliphatic rings. The van der Waals surface area contributed by atoms with Crippen LogP contribution in [0.4, 0.5) is 0 Å². The number of carbonyl (C=O) groups excluding carboxylic acids is 1. The second kappa shape index (κ2) is 7.84. The maximum atomic E-state index is 12.0. The van der Waals surface area contributed by atoms with E-state index in [1.165, 1.54) is 18.1 Å². The van der Waals surface area contributed by atoms with Gasteiger partial charge in [-0.25, -0.2) is 4.98 Å². The van der Waals surface area contributed by atoms with E-state index < -0.39 is 0 Å². The van der Waals surface area contributed by atoms with Crippen molar-refractivity contribution < 1.29 is 9.53 Å². The molecule has 1 atom stereocenters. The minimum absolute atomic E-state index is 0.0518. The topological polar surface area (TPSA) is 79.9 Å². The molecule has 0 unspecified atom stereocenters. The Labute approximate surface area is 134 Å². The number of nitrogens with one attached hydrogen (secondary N) is 2. The van der Waals surface area contributed by atoms with Gasteiger partial charge >= 0.3 is 0 Å². The summed E-state index contributed by atoms with van der Waals surface area (Å²) in [6, 6.07) is 7.69. The molecule has 2 aromatic rings. The number of thioether (sulfide) groups is 1. The molecule has 0 radical (unpaired) electrons. The van der Waals surface area contributed by atoms with Crippen LogP contribution in [0, 0.1) is 0 Å². The molecule has 22 heavy (non-hydrogen) atoms. The maximum Gasteiger partial charge on any atom is 0.230 e. The number of H-pyrrole nitrogens is 1. The van der Waals surface area contributed by atoms with Gasteiger partial charge in [0.1, 0.15) is 12.1 Å². The summed E-state index contributed by atoms with van der Waals surface area (Å²) in [5, 5.41) is 10.0. The summed E-state index contributed by atoms with van der Waals surface area (Å²) in [7, 11) is 0. The van der Waals surface area contributed by atoms with Crippen LogP contribution >= 0.6 is 11.8 Å². The Hall–Kier alpha value is -2.02. The van der Waals surface area contributed by atoms with Gasteiger partial charge in [-0.3, -0.25) is 9.89 Å². The molecule has 0 saturated carbocycles. The lowest BCUT2D eigenvalue weighted by atomic mass is 10.1. The average molecular weight is 320 g/mol. The number of ether oxygens (including phenoxy) is 1. The van der Waals surface area contributed by atoms with E-state index in [1.807, 2.05) is 45.0 Å². The smallest absolute Gasteiger partial charge is 0.230 e. The Balaban J connectivity index is 1.88. The molecule has 0 saturated heterocycles. The predicted octanol–water partition coefficient (Wildman–Crippen LogP) is 2.56. The first-order chi connectivity index (χ1) is 10.5. The molecule has 1 heterocycles. The van der Waals surface area contributed by atoms with Gasteiger partial charge in [-0.05, 0) is 38.5 Å². The highest BCUT2D eigenvalue weighted by atomic mass is 32.2. The van der Waals surface area contributed by atoms with E-state index in [0.717, 1.165) is 11.3 Å². The zero-order valence-corrected chi connectivity index (χ0v) is 13.7. The van der Waals surface area contributed by atoms with Crippen LogP contribution in [-0.4, -0.2) is 32.9 Å². The molecule has 0 aliphatic carbocycles. The molecular formula is C15H20N4O2S.